The predicted octanol–water partition coefficient (Wildman–Crippen LogP) is -0.681. The highest BCUT2D eigenvalue weighted by Gasteiger charge is 2.05. The normalized spacial score (nSPS) is 20.8. The predicted molar refractivity (Wildman–Crippen MR) is 33.7 cm³/mol. The van der Waals surface area contributed by atoms with Gasteiger partial charge in [0, 0.05) is 12.6 Å². The van der Waals surface area contributed by atoms with E-state index in [0.717, 1.165) is 6.42 Å². The van der Waals surface area contributed by atoms with Gasteiger partial charge < -0.3 is 0 Å². The quantitative estimate of drug-likeness (QED) is 0.511. The molecule has 6 heteroatoms. The van der Waals surface area contributed by atoms with Crippen molar-refractivity contribution in [3.8, 4) is 0 Å². The first-order valence-electron chi connectivity index (χ1n) is 2.46. The van der Waals surface area contributed by atoms with Gasteiger partial charge in [-0.25, -0.2) is 9.33 Å². The minimum absolute atomic E-state index is 0.659. The molecular weight excluding hydrogens is 142 g/mol. The Balaban J connectivity index is 2.28. The van der Waals surface area contributed by atoms with Crippen LogP contribution in [0.1, 0.15) is 6.42 Å². The average Bonchev–Trinajstić information content (AvgIpc) is 2.15. The van der Waals surface area contributed by atoms with E-state index < -0.39 is 11.3 Å². The lowest BCUT2D eigenvalue weighted by Crippen LogP contribution is -2.32. The second kappa shape index (κ2) is 2.90. The van der Waals surface area contributed by atoms with E-state index in [1.807, 2.05) is 0 Å². The van der Waals surface area contributed by atoms with Gasteiger partial charge in [0.2, 0.25) is 0 Å². The van der Waals surface area contributed by atoms with E-state index in [4.69, 9.17) is 4.55 Å². The second-order valence-electron chi connectivity index (χ2n) is 1.55. The maximum atomic E-state index is 10.0. The molecule has 1 rings (SSSR count). The lowest BCUT2D eigenvalue weighted by molar-refractivity contribution is 0.277. The van der Waals surface area contributed by atoms with Crippen LogP contribution in [-0.2, 0) is 11.3 Å². The zero-order valence-corrected chi connectivity index (χ0v) is 5.47. The molecule has 0 aliphatic carbocycles. The van der Waals surface area contributed by atoms with Crippen LogP contribution in [0, 0.1) is 0 Å². The van der Waals surface area contributed by atoms with Crippen molar-refractivity contribution in [3.63, 3.8) is 0 Å². The fraction of sp³-hybridized carbons (Fsp3) is 0.667. The van der Waals surface area contributed by atoms with Crippen molar-refractivity contribution in [2.45, 2.75) is 6.42 Å². The Morgan fingerprint density at radius 3 is 3.11 bits per heavy atom. The van der Waals surface area contributed by atoms with E-state index in [2.05, 4.69) is 9.93 Å². The number of hydrogen-bond acceptors (Lipinski definition) is 3. The molecule has 5 nitrogen and oxygen atoms in total. The fourth-order valence-corrected chi connectivity index (χ4v) is 0.872. The van der Waals surface area contributed by atoms with Gasteiger partial charge in [-0.2, -0.15) is 5.10 Å². The highest BCUT2D eigenvalue weighted by Crippen LogP contribution is 1.93. The molecule has 1 aliphatic rings. The molecule has 0 saturated heterocycles. The molecule has 1 unspecified atom stereocenters. The summed E-state index contributed by atoms with van der Waals surface area (Å²) in [5.74, 6) is 0. The van der Waals surface area contributed by atoms with Crippen LogP contribution in [0.25, 0.3) is 0 Å². The van der Waals surface area contributed by atoms with Crippen molar-refractivity contribution in [1.82, 2.24) is 9.95 Å². The molecule has 0 fully saturated rings. The standard InChI is InChI=1S/C3H7N3O2S/c7-9(8)5-6-3-1-2-4-6/h2,5H,1,3H2,(H,7,8). The topological polar surface area (TPSA) is 64.9 Å². The summed E-state index contributed by atoms with van der Waals surface area (Å²) in [5.41, 5.74) is 0. The van der Waals surface area contributed by atoms with Gasteiger partial charge in [0.1, 0.15) is 0 Å². The summed E-state index contributed by atoms with van der Waals surface area (Å²) in [5, 5.41) is 5.05. The Morgan fingerprint density at radius 2 is 2.67 bits per heavy atom. The van der Waals surface area contributed by atoms with Gasteiger partial charge in [-0.15, -0.1) is 4.83 Å². The number of nitrogens with zero attached hydrogens (tertiary/aromatic N) is 2. The maximum absolute atomic E-state index is 10.0. The van der Waals surface area contributed by atoms with Gasteiger partial charge in [-0.3, -0.25) is 4.55 Å². The van der Waals surface area contributed by atoms with Crippen LogP contribution >= 0.6 is 0 Å². The van der Waals surface area contributed by atoms with E-state index in [-0.39, 0.29) is 0 Å². The number of rotatable bonds is 2. The van der Waals surface area contributed by atoms with Crippen LogP contribution < -0.4 is 4.83 Å². The highest BCUT2D eigenvalue weighted by molar-refractivity contribution is 7.77. The van der Waals surface area contributed by atoms with Crippen LogP contribution in [0.3, 0.4) is 0 Å². The van der Waals surface area contributed by atoms with E-state index in [1.165, 1.54) is 5.12 Å². The van der Waals surface area contributed by atoms with E-state index in [9.17, 15) is 4.21 Å². The molecule has 0 spiro atoms. The van der Waals surface area contributed by atoms with Crippen molar-refractivity contribution >= 4 is 17.5 Å². The summed E-state index contributed by atoms with van der Waals surface area (Å²) in [7, 11) is 0. The first-order chi connectivity index (χ1) is 4.29. The molecule has 1 heterocycles. The molecule has 0 radical (unpaired) electrons. The van der Waals surface area contributed by atoms with Crippen molar-refractivity contribution in [2.75, 3.05) is 6.54 Å². The third-order valence-electron chi connectivity index (χ3n) is 0.875. The molecular formula is C3H7N3O2S. The number of hydrogen-bond donors (Lipinski definition) is 2. The largest absolute Gasteiger partial charge is 0.292 e. The SMILES string of the molecule is O=S(O)NN1CCC=N1. The average molecular weight is 149 g/mol. The van der Waals surface area contributed by atoms with Gasteiger partial charge in [0.15, 0.2) is 0 Å². The number of hydrazone groups is 1. The van der Waals surface area contributed by atoms with Crippen LogP contribution in [0.2, 0.25) is 0 Å². The molecule has 0 aromatic rings. The Kier molecular flexibility index (Phi) is 2.15. The van der Waals surface area contributed by atoms with E-state index >= 15 is 0 Å². The van der Waals surface area contributed by atoms with Gasteiger partial charge in [-0.05, 0) is 0 Å². The molecule has 1 atom stereocenters. The van der Waals surface area contributed by atoms with Gasteiger partial charge in [-0.1, -0.05) is 0 Å². The number of nitrogens with one attached hydrogen (secondary N) is 1. The Bertz CT molecular complexity index is 148. The second-order valence-corrected chi connectivity index (χ2v) is 2.23. The van der Waals surface area contributed by atoms with Gasteiger partial charge >= 0.3 is 0 Å². The van der Waals surface area contributed by atoms with E-state index in [1.54, 1.807) is 6.21 Å². The smallest absolute Gasteiger partial charge is 0.251 e. The molecule has 9 heavy (non-hydrogen) atoms. The zero-order chi connectivity index (χ0) is 6.69. The lowest BCUT2D eigenvalue weighted by atomic mass is 10.5. The van der Waals surface area contributed by atoms with Crippen molar-refractivity contribution in [3.05, 3.63) is 0 Å². The monoisotopic (exact) mass is 149 g/mol. The lowest BCUT2D eigenvalue weighted by Gasteiger charge is -2.09. The first kappa shape index (κ1) is 6.66. The zero-order valence-electron chi connectivity index (χ0n) is 4.65. The molecule has 1 aliphatic heterocycles. The Hall–Kier alpha value is -0.460. The molecule has 52 valence electrons. The summed E-state index contributed by atoms with van der Waals surface area (Å²) in [6.07, 6.45) is 2.50. The molecule has 0 saturated carbocycles. The van der Waals surface area contributed by atoms with Crippen molar-refractivity contribution < 1.29 is 8.76 Å². The summed E-state index contributed by atoms with van der Waals surface area (Å²) < 4.78 is 18.3. The Labute approximate surface area is 55.1 Å². The highest BCUT2D eigenvalue weighted by atomic mass is 32.2. The summed E-state index contributed by atoms with van der Waals surface area (Å²) >= 11 is -1.99. The van der Waals surface area contributed by atoms with Crippen LogP contribution in [0.4, 0.5) is 0 Å². The summed E-state index contributed by atoms with van der Waals surface area (Å²) in [4.78, 5) is 2.20. The van der Waals surface area contributed by atoms with Gasteiger partial charge in [0.05, 0.1) is 6.54 Å². The maximum Gasteiger partial charge on any atom is 0.251 e. The number of hydrazine groups is 1. The third kappa shape index (κ3) is 2.08. The molecule has 0 bridgehead atoms. The van der Waals surface area contributed by atoms with E-state index in [0.29, 0.717) is 6.54 Å². The molecule has 0 amide bonds. The first-order valence-corrected chi connectivity index (χ1v) is 3.57. The Morgan fingerprint density at radius 1 is 1.89 bits per heavy atom. The fourth-order valence-electron chi connectivity index (χ4n) is 0.553. The summed E-state index contributed by atoms with van der Waals surface area (Å²) in [6, 6.07) is 0. The van der Waals surface area contributed by atoms with Crippen molar-refractivity contribution in [1.29, 1.82) is 0 Å². The summed E-state index contributed by atoms with van der Waals surface area (Å²) in [6.45, 7) is 0.659. The van der Waals surface area contributed by atoms with Crippen LogP contribution in [0.5, 0.6) is 0 Å². The molecule has 2 N–H and O–H groups in total. The van der Waals surface area contributed by atoms with Crippen LogP contribution in [0.15, 0.2) is 5.10 Å². The van der Waals surface area contributed by atoms with Gasteiger partial charge in [0.25, 0.3) is 11.3 Å². The minimum atomic E-state index is -1.99. The molecule has 0 aromatic heterocycles. The minimum Gasteiger partial charge on any atom is -0.292 e. The van der Waals surface area contributed by atoms with Crippen molar-refractivity contribution in [2.24, 2.45) is 5.10 Å². The molecule has 0 aromatic carbocycles. The third-order valence-corrected chi connectivity index (χ3v) is 1.24. The van der Waals surface area contributed by atoms with Crippen LogP contribution in [-0.4, -0.2) is 26.6 Å².